The first-order valence-electron chi connectivity index (χ1n) is 7.51. The summed E-state index contributed by atoms with van der Waals surface area (Å²) in [6.07, 6.45) is 0. The summed E-state index contributed by atoms with van der Waals surface area (Å²) in [6.45, 7) is 3.93. The molecule has 3 rings (SSSR count). The van der Waals surface area contributed by atoms with Gasteiger partial charge in [-0.3, -0.25) is 9.59 Å². The topological polar surface area (TPSA) is 37.4 Å². The Bertz CT molecular complexity index is 796. The average molecular weight is 323 g/mol. The number of imide groups is 1. The van der Waals surface area contributed by atoms with Gasteiger partial charge in [0.05, 0.1) is 16.2 Å². The van der Waals surface area contributed by atoms with E-state index in [1.807, 2.05) is 62.4 Å². The van der Waals surface area contributed by atoms with Crippen LogP contribution in [0.15, 0.2) is 59.5 Å². The Balaban J connectivity index is 2.10. The summed E-state index contributed by atoms with van der Waals surface area (Å²) in [5.74, 6) is 0.265. The number of rotatable bonds is 4. The van der Waals surface area contributed by atoms with Crippen LogP contribution in [0, 0.1) is 6.92 Å². The highest BCUT2D eigenvalue weighted by atomic mass is 32.2. The highest BCUT2D eigenvalue weighted by Gasteiger charge is 2.39. The molecular weight excluding hydrogens is 306 g/mol. The Kier molecular flexibility index (Phi) is 4.35. The van der Waals surface area contributed by atoms with Crippen LogP contribution in [0.1, 0.15) is 18.1 Å². The molecule has 3 nitrogen and oxygen atoms in total. The maximum Gasteiger partial charge on any atom is 0.272 e. The lowest BCUT2D eigenvalue weighted by atomic mass is 10.1. The number of benzene rings is 2. The molecule has 1 aliphatic heterocycles. The quantitative estimate of drug-likeness (QED) is 0.797. The molecule has 0 atom stereocenters. The predicted molar refractivity (Wildman–Crippen MR) is 95.2 cm³/mol. The number of thioether (sulfide) groups is 1. The minimum atomic E-state index is -0.247. The van der Waals surface area contributed by atoms with Crippen molar-refractivity contribution in [3.8, 4) is 0 Å². The Morgan fingerprint density at radius 2 is 1.70 bits per heavy atom. The smallest absolute Gasteiger partial charge is 0.268 e. The van der Waals surface area contributed by atoms with Crippen LogP contribution in [0.5, 0.6) is 0 Å². The fourth-order valence-electron chi connectivity index (χ4n) is 2.65. The van der Waals surface area contributed by atoms with Gasteiger partial charge in [-0.15, -0.1) is 11.8 Å². The van der Waals surface area contributed by atoms with Crippen molar-refractivity contribution in [2.24, 2.45) is 0 Å². The van der Waals surface area contributed by atoms with Crippen LogP contribution >= 0.6 is 11.8 Å². The van der Waals surface area contributed by atoms with Gasteiger partial charge in [-0.2, -0.15) is 0 Å². The maximum absolute atomic E-state index is 12.9. The molecule has 0 radical (unpaired) electrons. The molecule has 1 aliphatic rings. The molecule has 116 valence electrons. The van der Waals surface area contributed by atoms with Crippen molar-refractivity contribution in [2.45, 2.75) is 13.8 Å². The zero-order valence-corrected chi connectivity index (χ0v) is 13.9. The molecule has 0 saturated heterocycles. The number of nitrogens with zero attached hydrogens (tertiary/aromatic N) is 1. The van der Waals surface area contributed by atoms with E-state index in [0.717, 1.165) is 16.9 Å². The van der Waals surface area contributed by atoms with Gasteiger partial charge in [0.1, 0.15) is 0 Å². The van der Waals surface area contributed by atoms with Gasteiger partial charge in [-0.25, -0.2) is 4.90 Å². The third-order valence-corrected chi connectivity index (χ3v) is 4.61. The molecule has 23 heavy (non-hydrogen) atoms. The van der Waals surface area contributed by atoms with Gasteiger partial charge in [-0.05, 0) is 35.9 Å². The summed E-state index contributed by atoms with van der Waals surface area (Å²) < 4.78 is 0. The van der Waals surface area contributed by atoms with E-state index < -0.39 is 0 Å². The number of hydrogen-bond donors (Lipinski definition) is 0. The van der Waals surface area contributed by atoms with Crippen LogP contribution in [-0.4, -0.2) is 17.6 Å². The molecule has 2 aromatic rings. The van der Waals surface area contributed by atoms with Gasteiger partial charge in [0.15, 0.2) is 0 Å². The van der Waals surface area contributed by atoms with Crippen LogP contribution in [0.4, 0.5) is 5.69 Å². The number of hydrogen-bond acceptors (Lipinski definition) is 3. The van der Waals surface area contributed by atoms with Crippen LogP contribution < -0.4 is 4.90 Å². The molecule has 4 heteroatoms. The van der Waals surface area contributed by atoms with E-state index in [9.17, 15) is 9.59 Å². The minimum absolute atomic E-state index is 0.230. The van der Waals surface area contributed by atoms with Crippen molar-refractivity contribution >= 4 is 34.8 Å². The molecule has 0 unspecified atom stereocenters. The van der Waals surface area contributed by atoms with Crippen LogP contribution in [-0.2, 0) is 9.59 Å². The van der Waals surface area contributed by atoms with Crippen molar-refractivity contribution in [1.82, 2.24) is 0 Å². The summed E-state index contributed by atoms with van der Waals surface area (Å²) in [7, 11) is 0. The highest BCUT2D eigenvalue weighted by molar-refractivity contribution is 8.04. The molecular formula is C19H17NO2S. The summed E-state index contributed by atoms with van der Waals surface area (Å²) in [6, 6.07) is 16.9. The van der Waals surface area contributed by atoms with Crippen LogP contribution in [0.2, 0.25) is 0 Å². The van der Waals surface area contributed by atoms with Gasteiger partial charge < -0.3 is 0 Å². The SMILES string of the molecule is CCSC1=C(c2ccccc2)C(=O)N(c2cccc(C)c2)C1=O. The Labute approximate surface area is 140 Å². The monoisotopic (exact) mass is 323 g/mol. The van der Waals surface area contributed by atoms with E-state index in [1.54, 1.807) is 6.07 Å². The summed E-state index contributed by atoms with van der Waals surface area (Å²) in [5, 5.41) is 0. The number of carbonyl (C=O) groups is 2. The number of anilines is 1. The van der Waals surface area contributed by atoms with Crippen molar-refractivity contribution in [1.29, 1.82) is 0 Å². The molecule has 0 aromatic heterocycles. The Morgan fingerprint density at radius 1 is 0.957 bits per heavy atom. The van der Waals surface area contributed by atoms with E-state index in [1.165, 1.54) is 16.7 Å². The first kappa shape index (κ1) is 15.6. The van der Waals surface area contributed by atoms with Crippen molar-refractivity contribution in [3.05, 3.63) is 70.6 Å². The van der Waals surface area contributed by atoms with Gasteiger partial charge in [0.25, 0.3) is 11.8 Å². The van der Waals surface area contributed by atoms with Crippen LogP contribution in [0.3, 0.4) is 0 Å². The second-order valence-electron chi connectivity index (χ2n) is 5.29. The molecule has 0 saturated carbocycles. The molecule has 0 N–H and O–H groups in total. The summed E-state index contributed by atoms with van der Waals surface area (Å²) in [4.78, 5) is 27.6. The van der Waals surface area contributed by atoms with E-state index in [0.29, 0.717) is 16.2 Å². The minimum Gasteiger partial charge on any atom is -0.268 e. The molecule has 0 spiro atoms. The normalized spacial score (nSPS) is 14.8. The molecule has 2 amide bonds. The number of carbonyl (C=O) groups excluding carboxylic acids is 2. The lowest BCUT2D eigenvalue weighted by molar-refractivity contribution is -0.119. The first-order valence-corrected chi connectivity index (χ1v) is 8.50. The summed E-state index contributed by atoms with van der Waals surface area (Å²) >= 11 is 1.42. The van der Waals surface area contributed by atoms with Crippen molar-refractivity contribution in [2.75, 3.05) is 10.7 Å². The zero-order chi connectivity index (χ0) is 16.4. The molecule has 0 bridgehead atoms. The highest BCUT2D eigenvalue weighted by Crippen LogP contribution is 2.38. The van der Waals surface area contributed by atoms with Gasteiger partial charge in [0.2, 0.25) is 0 Å². The Morgan fingerprint density at radius 3 is 2.35 bits per heavy atom. The largest absolute Gasteiger partial charge is 0.272 e. The zero-order valence-electron chi connectivity index (χ0n) is 13.1. The predicted octanol–water partition coefficient (Wildman–Crippen LogP) is 4.03. The average Bonchev–Trinajstić information content (AvgIpc) is 2.79. The summed E-state index contributed by atoms with van der Waals surface area (Å²) in [5.41, 5.74) is 2.93. The molecule has 2 aromatic carbocycles. The van der Waals surface area contributed by atoms with E-state index in [2.05, 4.69) is 0 Å². The molecule has 0 fully saturated rings. The number of aryl methyl sites for hydroxylation is 1. The first-order chi connectivity index (χ1) is 11.1. The third kappa shape index (κ3) is 2.82. The van der Waals surface area contributed by atoms with Crippen LogP contribution in [0.25, 0.3) is 5.57 Å². The van der Waals surface area contributed by atoms with Crippen molar-refractivity contribution in [3.63, 3.8) is 0 Å². The van der Waals surface area contributed by atoms with E-state index >= 15 is 0 Å². The van der Waals surface area contributed by atoms with E-state index in [-0.39, 0.29) is 11.8 Å². The fraction of sp³-hybridized carbons (Fsp3) is 0.158. The second-order valence-corrected chi connectivity index (χ2v) is 6.56. The second kappa shape index (κ2) is 6.42. The Hall–Kier alpha value is -2.33. The van der Waals surface area contributed by atoms with Gasteiger partial charge >= 0.3 is 0 Å². The number of amides is 2. The van der Waals surface area contributed by atoms with Gasteiger partial charge in [-0.1, -0.05) is 49.4 Å². The molecule has 0 aliphatic carbocycles. The van der Waals surface area contributed by atoms with E-state index in [4.69, 9.17) is 0 Å². The molecule has 1 heterocycles. The standard InChI is InChI=1S/C19H17NO2S/c1-3-23-17-16(14-9-5-4-6-10-14)18(21)20(19(17)22)15-11-7-8-13(2)12-15/h4-12H,3H2,1-2H3. The van der Waals surface area contributed by atoms with Gasteiger partial charge in [0, 0.05) is 0 Å². The third-order valence-electron chi connectivity index (χ3n) is 3.65. The van der Waals surface area contributed by atoms with Crippen molar-refractivity contribution < 1.29 is 9.59 Å². The lowest BCUT2D eigenvalue weighted by Crippen LogP contribution is -2.31. The maximum atomic E-state index is 12.9. The lowest BCUT2D eigenvalue weighted by Gasteiger charge is -2.15. The fourth-order valence-corrected chi connectivity index (χ4v) is 3.50.